The molecule has 2 N–H and O–H groups in total. The summed E-state index contributed by atoms with van der Waals surface area (Å²) in [6, 6.07) is 12.2. The van der Waals surface area contributed by atoms with Gasteiger partial charge in [-0.2, -0.15) is 18.3 Å². The van der Waals surface area contributed by atoms with Crippen LogP contribution in [0.25, 0.3) is 0 Å². The summed E-state index contributed by atoms with van der Waals surface area (Å²) in [7, 11) is 0. The molecule has 2 aromatic carbocycles. The van der Waals surface area contributed by atoms with Gasteiger partial charge >= 0.3 is 6.18 Å². The maximum Gasteiger partial charge on any atom is 0.410 e. The third-order valence-corrected chi connectivity index (χ3v) is 5.35. The summed E-state index contributed by atoms with van der Waals surface area (Å²) in [4.78, 5) is 12.6. The molecule has 0 spiro atoms. The molecule has 2 atom stereocenters. The number of benzene rings is 2. The number of alkyl halides is 3. The molecule has 0 fully saturated rings. The Kier molecular flexibility index (Phi) is 5.38. The highest BCUT2D eigenvalue weighted by Crippen LogP contribution is 2.43. The van der Waals surface area contributed by atoms with Crippen molar-refractivity contribution in [2.75, 3.05) is 10.6 Å². The predicted octanol–water partition coefficient (Wildman–Crippen LogP) is 6.10. The highest BCUT2D eigenvalue weighted by molar-refractivity contribution is 6.36. The van der Waals surface area contributed by atoms with Gasteiger partial charge in [0.1, 0.15) is 5.82 Å². The van der Waals surface area contributed by atoms with Crippen LogP contribution in [0, 0.1) is 0 Å². The first kappa shape index (κ1) is 20.6. The molecule has 4 rings (SSSR count). The van der Waals surface area contributed by atoms with E-state index in [2.05, 4.69) is 15.7 Å². The van der Waals surface area contributed by atoms with Gasteiger partial charge in [0.15, 0.2) is 11.7 Å². The van der Waals surface area contributed by atoms with Crippen molar-refractivity contribution in [3.05, 3.63) is 75.9 Å². The first-order valence-electron chi connectivity index (χ1n) is 8.96. The van der Waals surface area contributed by atoms with E-state index in [0.29, 0.717) is 5.02 Å². The quantitative estimate of drug-likeness (QED) is 0.502. The minimum atomic E-state index is -4.52. The van der Waals surface area contributed by atoms with Crippen molar-refractivity contribution in [1.82, 2.24) is 9.78 Å². The number of halogens is 5. The van der Waals surface area contributed by atoms with Gasteiger partial charge in [-0.15, -0.1) is 0 Å². The van der Waals surface area contributed by atoms with Gasteiger partial charge in [-0.05, 0) is 23.8 Å². The molecule has 2 heterocycles. The van der Waals surface area contributed by atoms with Crippen molar-refractivity contribution >= 4 is 40.6 Å². The number of hydrogen-bond donors (Lipinski definition) is 2. The highest BCUT2D eigenvalue weighted by atomic mass is 35.5. The minimum absolute atomic E-state index is 0.116. The van der Waals surface area contributed by atoms with Crippen molar-refractivity contribution in [1.29, 1.82) is 0 Å². The fourth-order valence-corrected chi connectivity index (χ4v) is 3.82. The van der Waals surface area contributed by atoms with Crippen molar-refractivity contribution < 1.29 is 18.0 Å². The van der Waals surface area contributed by atoms with E-state index in [9.17, 15) is 18.0 Å². The molecule has 0 saturated carbocycles. The number of aromatic nitrogens is 2. The molecule has 3 aromatic rings. The number of rotatable bonds is 3. The van der Waals surface area contributed by atoms with Crippen LogP contribution in [0.15, 0.2) is 54.6 Å². The van der Waals surface area contributed by atoms with Gasteiger partial charge < -0.3 is 10.6 Å². The first-order chi connectivity index (χ1) is 14.2. The van der Waals surface area contributed by atoms with Gasteiger partial charge in [0, 0.05) is 17.5 Å². The average Bonchev–Trinajstić information content (AvgIpc) is 3.13. The molecule has 5 nitrogen and oxygen atoms in total. The first-order valence-corrected chi connectivity index (χ1v) is 9.72. The van der Waals surface area contributed by atoms with Crippen molar-refractivity contribution in [3.8, 4) is 0 Å². The minimum Gasteiger partial charge on any atom is -0.363 e. The maximum absolute atomic E-state index is 13.7. The van der Waals surface area contributed by atoms with Crippen LogP contribution >= 0.6 is 23.2 Å². The zero-order valence-corrected chi connectivity index (χ0v) is 16.8. The van der Waals surface area contributed by atoms with Crippen LogP contribution < -0.4 is 10.6 Å². The molecule has 1 amide bonds. The van der Waals surface area contributed by atoms with Crippen LogP contribution in [0.4, 0.5) is 24.7 Å². The molecule has 30 heavy (non-hydrogen) atoms. The fourth-order valence-electron chi connectivity index (χ4n) is 3.37. The van der Waals surface area contributed by atoms with Crippen LogP contribution in [0.3, 0.4) is 0 Å². The molecule has 1 aliphatic heterocycles. The third kappa shape index (κ3) is 4.11. The van der Waals surface area contributed by atoms with Crippen molar-refractivity contribution in [2.45, 2.75) is 24.7 Å². The standard InChI is InChI=1S/C20H15Cl2F3N4O/c21-12-6-7-14(13(22)8-12)27-19(30)16-10-18-26-15(11-4-2-1-3-5-11)9-17(20(23,24)25)29(18)28-16/h1-8,10,15,17,26H,9H2,(H,27,30)/t15-,17+/m0/s1. The second-order valence-corrected chi connectivity index (χ2v) is 7.68. The van der Waals surface area contributed by atoms with Crippen LogP contribution in [0.5, 0.6) is 0 Å². The predicted molar refractivity (Wildman–Crippen MR) is 109 cm³/mol. The summed E-state index contributed by atoms with van der Waals surface area (Å²) >= 11 is 11.9. The molecule has 0 unspecified atom stereocenters. The molecule has 0 bridgehead atoms. The zero-order chi connectivity index (χ0) is 21.5. The smallest absolute Gasteiger partial charge is 0.363 e. The van der Waals surface area contributed by atoms with E-state index >= 15 is 0 Å². The average molecular weight is 455 g/mol. The van der Waals surface area contributed by atoms with Gasteiger partial charge in [0.05, 0.1) is 16.8 Å². The second-order valence-electron chi connectivity index (χ2n) is 6.84. The lowest BCUT2D eigenvalue weighted by Crippen LogP contribution is -2.35. The Hall–Kier alpha value is -2.71. The summed E-state index contributed by atoms with van der Waals surface area (Å²) < 4.78 is 42.0. The van der Waals surface area contributed by atoms with E-state index in [1.54, 1.807) is 30.3 Å². The van der Waals surface area contributed by atoms with Crippen LogP contribution in [0.2, 0.25) is 10.0 Å². The van der Waals surface area contributed by atoms with E-state index in [0.717, 1.165) is 10.2 Å². The molecule has 0 radical (unpaired) electrons. The van der Waals surface area contributed by atoms with Gasteiger partial charge in [0.2, 0.25) is 0 Å². The number of amides is 1. The molecule has 1 aliphatic rings. The lowest BCUT2D eigenvalue weighted by Gasteiger charge is -2.33. The number of nitrogens with zero attached hydrogens (tertiary/aromatic N) is 2. The summed E-state index contributed by atoms with van der Waals surface area (Å²) in [5, 5.41) is 10.1. The SMILES string of the molecule is O=C(Nc1ccc(Cl)cc1Cl)c1cc2n(n1)[C@@H](C(F)(F)F)C[C@@H](c1ccccc1)N2. The van der Waals surface area contributed by atoms with E-state index in [-0.39, 0.29) is 28.6 Å². The van der Waals surface area contributed by atoms with Crippen LogP contribution in [0.1, 0.15) is 34.6 Å². The topological polar surface area (TPSA) is 59.0 Å². The number of anilines is 2. The number of carbonyl (C=O) groups excluding carboxylic acids is 1. The summed E-state index contributed by atoms with van der Waals surface area (Å²) in [5.74, 6) is -0.565. The Labute approximate surface area is 179 Å². The zero-order valence-electron chi connectivity index (χ0n) is 15.3. The van der Waals surface area contributed by atoms with Crippen LogP contribution in [-0.4, -0.2) is 21.9 Å². The number of carbonyl (C=O) groups is 1. The number of fused-ring (bicyclic) bond motifs is 1. The van der Waals surface area contributed by atoms with Crippen molar-refractivity contribution in [3.63, 3.8) is 0 Å². The third-order valence-electron chi connectivity index (χ3n) is 4.80. The molecular formula is C20H15Cl2F3N4O. The summed E-state index contributed by atoms with van der Waals surface area (Å²) in [6.45, 7) is 0. The summed E-state index contributed by atoms with van der Waals surface area (Å²) in [5.41, 5.74) is 0.837. The van der Waals surface area contributed by atoms with E-state index in [1.165, 1.54) is 24.3 Å². The Morgan fingerprint density at radius 2 is 1.87 bits per heavy atom. The van der Waals surface area contributed by atoms with Gasteiger partial charge in [-0.1, -0.05) is 53.5 Å². The molecule has 0 saturated heterocycles. The highest BCUT2D eigenvalue weighted by Gasteiger charge is 2.46. The Balaban J connectivity index is 1.64. The lowest BCUT2D eigenvalue weighted by atomic mass is 9.97. The van der Waals surface area contributed by atoms with Crippen molar-refractivity contribution in [2.24, 2.45) is 0 Å². The maximum atomic E-state index is 13.7. The normalized spacial score (nSPS) is 18.4. The molecule has 0 aliphatic carbocycles. The van der Waals surface area contributed by atoms with Gasteiger partial charge in [-0.25, -0.2) is 4.68 Å². The number of hydrogen-bond acceptors (Lipinski definition) is 3. The van der Waals surface area contributed by atoms with E-state index in [1.807, 2.05) is 0 Å². The second kappa shape index (κ2) is 7.85. The Bertz CT molecular complexity index is 1090. The van der Waals surface area contributed by atoms with Gasteiger partial charge in [0.25, 0.3) is 5.91 Å². The fraction of sp³-hybridized carbons (Fsp3) is 0.200. The number of nitrogens with one attached hydrogen (secondary N) is 2. The largest absolute Gasteiger partial charge is 0.410 e. The molecule has 10 heteroatoms. The lowest BCUT2D eigenvalue weighted by molar-refractivity contribution is -0.173. The van der Waals surface area contributed by atoms with Gasteiger partial charge in [-0.3, -0.25) is 4.79 Å². The molecule has 1 aromatic heterocycles. The Morgan fingerprint density at radius 3 is 2.53 bits per heavy atom. The van der Waals surface area contributed by atoms with E-state index < -0.39 is 24.2 Å². The van der Waals surface area contributed by atoms with Crippen LogP contribution in [-0.2, 0) is 0 Å². The summed E-state index contributed by atoms with van der Waals surface area (Å²) in [6.07, 6.45) is -4.77. The molecule has 156 valence electrons. The monoisotopic (exact) mass is 454 g/mol. The Morgan fingerprint density at radius 1 is 1.13 bits per heavy atom. The molecular weight excluding hydrogens is 440 g/mol. The van der Waals surface area contributed by atoms with E-state index in [4.69, 9.17) is 23.2 Å².